The van der Waals surface area contributed by atoms with Crippen molar-refractivity contribution >= 4 is 63.5 Å². The highest BCUT2D eigenvalue weighted by molar-refractivity contribution is 8.13. The van der Waals surface area contributed by atoms with Gasteiger partial charge >= 0.3 is 0 Å². The Balaban J connectivity index is 0.000000203. The van der Waals surface area contributed by atoms with E-state index >= 15 is 0 Å². The topological polar surface area (TPSA) is 273 Å². The molecule has 0 atom stereocenters. The van der Waals surface area contributed by atoms with Crippen LogP contribution < -0.4 is 38.9 Å². The first kappa shape index (κ1) is 49.1. The van der Waals surface area contributed by atoms with E-state index in [0.717, 1.165) is 33.4 Å². The van der Waals surface area contributed by atoms with Crippen molar-refractivity contribution < 1.29 is 39.6 Å². The molecule has 8 aromatic rings. The number of anilines is 2. The minimum absolute atomic E-state index is 0. The van der Waals surface area contributed by atoms with Crippen LogP contribution in [0.5, 0.6) is 0 Å². The van der Waals surface area contributed by atoms with Crippen LogP contribution >= 0.6 is 10.7 Å². The van der Waals surface area contributed by atoms with Gasteiger partial charge in [-0.05, 0) is 65.8 Å². The van der Waals surface area contributed by atoms with Gasteiger partial charge in [0, 0.05) is 40.7 Å². The molecule has 6 aromatic heterocycles. The van der Waals surface area contributed by atoms with E-state index in [1.807, 2.05) is 61.9 Å². The number of nitrogen functional groups attached to an aromatic ring is 2. The van der Waals surface area contributed by atoms with Crippen molar-refractivity contribution in [3.8, 4) is 22.5 Å². The van der Waals surface area contributed by atoms with E-state index in [2.05, 4.69) is 73.3 Å². The smallest absolute Gasteiger partial charge is 0.278 e. The first-order valence-corrected chi connectivity index (χ1v) is 23.2. The van der Waals surface area contributed by atoms with Gasteiger partial charge in [0.2, 0.25) is 0 Å². The van der Waals surface area contributed by atoms with Gasteiger partial charge in [0.15, 0.2) is 21.3 Å². The second kappa shape index (κ2) is 19.8. The predicted octanol–water partition coefficient (Wildman–Crippen LogP) is 1.87. The summed E-state index contributed by atoms with van der Waals surface area (Å²) in [7, 11) is -2.45. The van der Waals surface area contributed by atoms with Gasteiger partial charge in [-0.1, -0.05) is 71.8 Å². The Morgan fingerprint density at radius 1 is 0.625 bits per heavy atom. The van der Waals surface area contributed by atoms with Crippen molar-refractivity contribution in [2.75, 3.05) is 24.6 Å². The summed E-state index contributed by atoms with van der Waals surface area (Å²) >= 11 is 0. The number of aromatic nitrogens is 10. The molecule has 0 spiro atoms. The number of hydrogen-bond acceptors (Lipinski definition) is 14. The van der Waals surface area contributed by atoms with Crippen LogP contribution in [0.1, 0.15) is 38.8 Å². The second-order valence-corrected chi connectivity index (χ2v) is 19.9. The third-order valence-electron chi connectivity index (χ3n) is 9.89. The zero-order chi connectivity index (χ0) is 45.7. The van der Waals surface area contributed by atoms with Gasteiger partial charge in [-0.25, -0.2) is 60.8 Å². The molecule has 2 aromatic carbocycles. The van der Waals surface area contributed by atoms with Gasteiger partial charge < -0.3 is 34.2 Å². The van der Waals surface area contributed by atoms with E-state index in [-0.39, 0.29) is 39.1 Å². The lowest BCUT2D eigenvalue weighted by Crippen LogP contribution is -3.00. The van der Waals surface area contributed by atoms with Crippen LogP contribution in [-0.4, -0.2) is 79.4 Å². The Labute approximate surface area is 386 Å². The molecule has 0 aliphatic heterocycles. The van der Waals surface area contributed by atoms with Crippen molar-refractivity contribution in [1.82, 2.24) is 54.2 Å². The van der Waals surface area contributed by atoms with Crippen LogP contribution in [0.4, 0.5) is 11.6 Å². The quantitative estimate of drug-likeness (QED) is 0.143. The van der Waals surface area contributed by atoms with Gasteiger partial charge in [0.25, 0.3) is 19.1 Å². The van der Waals surface area contributed by atoms with Crippen molar-refractivity contribution in [3.05, 3.63) is 121 Å². The molecule has 8 N–H and O–H groups in total. The highest BCUT2D eigenvalue weighted by Crippen LogP contribution is 2.34. The largest absolute Gasteiger partial charge is 1.00 e. The Kier molecular flexibility index (Phi) is 15.2. The van der Waals surface area contributed by atoms with Crippen LogP contribution in [0.3, 0.4) is 0 Å². The van der Waals surface area contributed by atoms with Crippen molar-refractivity contribution in [1.29, 1.82) is 0 Å². The van der Waals surface area contributed by atoms with E-state index in [0.29, 0.717) is 34.9 Å². The summed E-state index contributed by atoms with van der Waals surface area (Å²) in [6.07, 6.45) is 5.67. The Hall–Kier alpha value is -5.97. The lowest BCUT2D eigenvalue weighted by molar-refractivity contribution is -0.386. The molecule has 336 valence electrons. The molecule has 0 saturated carbocycles. The third-order valence-corrected chi connectivity index (χ3v) is 12.4. The van der Waals surface area contributed by atoms with Crippen LogP contribution in [0, 0.1) is 13.8 Å². The monoisotopic (exact) mass is 990 g/mol. The molecule has 0 aliphatic carbocycles. The fourth-order valence-corrected chi connectivity index (χ4v) is 7.99. The average Bonchev–Trinajstić information content (AvgIpc) is 3.87. The molecule has 0 bridgehead atoms. The molecule has 8 rings (SSSR count). The van der Waals surface area contributed by atoms with Crippen molar-refractivity contribution in [3.63, 3.8) is 0 Å². The molecule has 0 amide bonds. The van der Waals surface area contributed by atoms with Crippen LogP contribution in [0.2, 0.25) is 0 Å². The maximum absolute atomic E-state index is 12.6. The number of nitrogens with one attached hydrogen (secondary N) is 1. The Bertz CT molecular complexity index is 3080. The van der Waals surface area contributed by atoms with E-state index in [1.54, 1.807) is 28.9 Å². The fraction of sp³-hybridized carbons (Fsp3) is 0.238. The molecular weight excluding hydrogens is 944 g/mol. The van der Waals surface area contributed by atoms with Gasteiger partial charge in [-0.2, -0.15) is 10.2 Å². The molecule has 22 heteroatoms. The number of quaternary nitrogens is 1. The summed E-state index contributed by atoms with van der Waals surface area (Å²) < 4.78 is 52.6. The maximum Gasteiger partial charge on any atom is 0.278 e. The molecule has 0 saturated heterocycles. The molecule has 0 radical (unpaired) electrons. The lowest BCUT2D eigenvalue weighted by atomic mass is 10.1. The molecule has 64 heavy (non-hydrogen) atoms. The average molecular weight is 992 g/mol. The summed E-state index contributed by atoms with van der Waals surface area (Å²) in [4.78, 5) is 24.5. The SMILES string of the molecule is Cc1ccc(-c2nn(C(C)(C)CNS(=O)(=O)c3ccccn3)c3ncnc(N)c23)cc1.Cc1ccc(-c2nn(C(C)(C)C[NH3+])c3ncnc(N)c23)cc1.O=S(=O)(Cl)c1ccccn1.[Br-]. The van der Waals surface area contributed by atoms with E-state index in [4.69, 9.17) is 32.3 Å². The fourth-order valence-electron chi connectivity index (χ4n) is 6.14. The number of hydrogen-bond donors (Lipinski definition) is 4. The summed E-state index contributed by atoms with van der Waals surface area (Å²) in [5.41, 5.74) is 22.2. The van der Waals surface area contributed by atoms with Gasteiger partial charge in [-0.15, -0.1) is 0 Å². The Morgan fingerprint density at radius 3 is 1.42 bits per heavy atom. The molecule has 6 heterocycles. The lowest BCUT2D eigenvalue weighted by Gasteiger charge is -2.26. The molecule has 0 aliphatic rings. The highest BCUT2D eigenvalue weighted by atomic mass is 79.9. The molecule has 0 fully saturated rings. The summed E-state index contributed by atoms with van der Waals surface area (Å²) in [6, 6.07) is 25.4. The first-order valence-electron chi connectivity index (χ1n) is 19.4. The molecule has 0 unspecified atom stereocenters. The van der Waals surface area contributed by atoms with E-state index < -0.39 is 24.6 Å². The minimum atomic E-state index is -3.77. The van der Waals surface area contributed by atoms with Crippen LogP contribution in [0.15, 0.2) is 120 Å². The van der Waals surface area contributed by atoms with Gasteiger partial charge in [0.05, 0.1) is 22.9 Å². The van der Waals surface area contributed by atoms with Gasteiger partial charge in [0.1, 0.15) is 41.2 Å². The van der Waals surface area contributed by atoms with E-state index in [1.165, 1.54) is 42.7 Å². The Morgan fingerprint density at radius 2 is 1.05 bits per heavy atom. The number of fused-ring (bicyclic) bond motifs is 2. The number of pyridine rings is 2. The number of nitrogens with zero attached hydrogens (tertiary/aromatic N) is 10. The second-order valence-electron chi connectivity index (χ2n) is 15.6. The number of sulfonamides is 1. The first-order chi connectivity index (χ1) is 29.7. The van der Waals surface area contributed by atoms with Crippen molar-refractivity contribution in [2.45, 2.75) is 62.7 Å². The van der Waals surface area contributed by atoms with Crippen LogP contribution in [-0.2, 0) is 30.2 Å². The summed E-state index contributed by atoms with van der Waals surface area (Å²) in [5.74, 6) is 0.767. The molecule has 18 nitrogen and oxygen atoms in total. The zero-order valence-corrected chi connectivity index (χ0v) is 39.8. The zero-order valence-electron chi connectivity index (χ0n) is 35.8. The van der Waals surface area contributed by atoms with E-state index in [9.17, 15) is 16.8 Å². The van der Waals surface area contributed by atoms with Gasteiger partial charge in [-0.3, -0.25) is 0 Å². The summed E-state index contributed by atoms with van der Waals surface area (Å²) in [5, 5.41) is 10.8. The van der Waals surface area contributed by atoms with Crippen molar-refractivity contribution in [2.24, 2.45) is 0 Å². The third kappa shape index (κ3) is 11.0. The number of aryl methyl sites for hydroxylation is 2. The number of benzene rings is 2. The number of nitrogens with two attached hydrogens (primary N) is 2. The predicted molar refractivity (Wildman–Crippen MR) is 243 cm³/mol. The minimum Gasteiger partial charge on any atom is -1.00 e. The molecular formula is C42H48BrClN14O4S2. The highest BCUT2D eigenvalue weighted by Gasteiger charge is 2.31. The standard InChI is InChI=1S/C21H23N7O2S.C16H20N6.C5H4ClNO2S.BrH/c1-14-7-9-15(10-8-14)18-17-19(22)24-13-25-20(17)28(27-18)21(2,3)12-26-31(29,30)16-6-4-5-11-23-16;1-10-4-6-11(7-5-10)13-12-14(18)19-9-20-15(12)22(21-13)16(2,3)8-17;6-10(8,9)5-3-1-2-4-7-5;/h4-11,13,26H,12H2,1-3H3,(H2,22,24,25);4-7,9H,8,17H2,1-3H3,(H2,18,19,20);1-4H;1H. The number of rotatable bonds is 10. The maximum atomic E-state index is 12.6. The van der Waals surface area contributed by atoms with Crippen LogP contribution in [0.25, 0.3) is 44.6 Å². The number of halogens is 2. The summed E-state index contributed by atoms with van der Waals surface area (Å²) in [6.45, 7) is 12.8. The normalized spacial score (nSPS) is 11.9.